The minimum Gasteiger partial charge on any atom is -0.422 e. The molecular weight excluding hydrogens is 384 g/mol. The molecule has 11 nitrogen and oxygen atoms in total. The third kappa shape index (κ3) is 5.85. The Kier molecular flexibility index (Phi) is 7.11. The lowest BCUT2D eigenvalue weighted by Gasteiger charge is -2.20. The fourth-order valence-electron chi connectivity index (χ4n) is 1.90. The SMILES string of the molecule is CC(=O)Oc1c(C)c(NC(=O)N=C(N)N)c(Cl)c(OC(C)=O)c1OC(C)=O. The van der Waals surface area contributed by atoms with Gasteiger partial charge in [0.05, 0.1) is 5.69 Å². The second-order valence-electron chi connectivity index (χ2n) is 5.05. The van der Waals surface area contributed by atoms with E-state index in [4.69, 9.17) is 37.3 Å². The van der Waals surface area contributed by atoms with E-state index in [1.54, 1.807) is 0 Å². The van der Waals surface area contributed by atoms with Gasteiger partial charge in [0.25, 0.3) is 0 Å². The van der Waals surface area contributed by atoms with E-state index in [1.807, 2.05) is 0 Å². The Morgan fingerprint density at radius 1 is 0.889 bits per heavy atom. The number of hydrogen-bond acceptors (Lipinski definition) is 7. The van der Waals surface area contributed by atoms with Crippen LogP contribution in [0.5, 0.6) is 17.2 Å². The molecule has 0 saturated carbocycles. The van der Waals surface area contributed by atoms with Crippen LogP contribution < -0.4 is 31.0 Å². The van der Waals surface area contributed by atoms with Gasteiger partial charge >= 0.3 is 23.9 Å². The summed E-state index contributed by atoms with van der Waals surface area (Å²) in [7, 11) is 0. The molecule has 1 aromatic rings. The van der Waals surface area contributed by atoms with Gasteiger partial charge < -0.3 is 31.0 Å². The summed E-state index contributed by atoms with van der Waals surface area (Å²) < 4.78 is 15.0. The molecule has 0 unspecified atom stereocenters. The fraction of sp³-hybridized carbons (Fsp3) is 0.267. The van der Waals surface area contributed by atoms with Crippen LogP contribution in [0, 0.1) is 6.92 Å². The van der Waals surface area contributed by atoms with E-state index >= 15 is 0 Å². The Bertz CT molecular complexity index is 804. The Labute approximate surface area is 158 Å². The maximum atomic E-state index is 11.8. The van der Waals surface area contributed by atoms with Crippen LogP contribution in [0.4, 0.5) is 10.5 Å². The van der Waals surface area contributed by atoms with E-state index in [-0.39, 0.29) is 22.0 Å². The maximum Gasteiger partial charge on any atom is 0.348 e. The van der Waals surface area contributed by atoms with Crippen molar-refractivity contribution in [2.24, 2.45) is 16.5 Å². The zero-order chi connectivity index (χ0) is 20.9. The molecule has 0 saturated heterocycles. The number of carbonyl (C=O) groups excluding carboxylic acids is 4. The van der Waals surface area contributed by atoms with Gasteiger partial charge in [0.15, 0.2) is 17.5 Å². The van der Waals surface area contributed by atoms with Gasteiger partial charge in [-0.1, -0.05) is 11.6 Å². The molecule has 0 atom stereocenters. The van der Waals surface area contributed by atoms with Gasteiger partial charge in [0.1, 0.15) is 5.02 Å². The molecule has 12 heteroatoms. The Morgan fingerprint density at radius 2 is 1.33 bits per heavy atom. The van der Waals surface area contributed by atoms with Crippen molar-refractivity contribution in [2.45, 2.75) is 27.7 Å². The van der Waals surface area contributed by atoms with Crippen molar-refractivity contribution in [3.05, 3.63) is 10.6 Å². The number of nitrogens with zero attached hydrogens (tertiary/aromatic N) is 1. The van der Waals surface area contributed by atoms with Crippen molar-refractivity contribution >= 4 is 47.2 Å². The Balaban J connectivity index is 3.75. The molecule has 27 heavy (non-hydrogen) atoms. The largest absolute Gasteiger partial charge is 0.422 e. The highest BCUT2D eigenvalue weighted by Crippen LogP contribution is 2.50. The highest BCUT2D eigenvalue weighted by atomic mass is 35.5. The number of halogens is 1. The van der Waals surface area contributed by atoms with Crippen LogP contribution in [-0.2, 0) is 14.4 Å². The monoisotopic (exact) mass is 400 g/mol. The van der Waals surface area contributed by atoms with E-state index in [0.29, 0.717) is 0 Å². The van der Waals surface area contributed by atoms with Crippen molar-refractivity contribution in [1.29, 1.82) is 0 Å². The number of amides is 2. The average Bonchev–Trinajstić information content (AvgIpc) is 2.50. The zero-order valence-electron chi connectivity index (χ0n) is 14.8. The highest BCUT2D eigenvalue weighted by molar-refractivity contribution is 6.36. The summed E-state index contributed by atoms with van der Waals surface area (Å²) in [5.41, 5.74) is 10.2. The molecule has 2 amide bonds. The number of ether oxygens (including phenoxy) is 3. The van der Waals surface area contributed by atoms with Gasteiger partial charge in [-0.05, 0) is 6.92 Å². The molecular formula is C15H17ClN4O7. The van der Waals surface area contributed by atoms with Crippen molar-refractivity contribution < 1.29 is 33.4 Å². The standard InChI is InChI=1S/C15H17ClN4O7/c1-5-10(19-15(24)20-14(17)18)9(16)12(26-7(3)22)13(27-8(4)23)11(5)25-6(2)21/h1-4H3,(H5,17,18,19,20,24). The number of anilines is 1. The predicted octanol–water partition coefficient (Wildman–Crippen LogP) is 1.23. The van der Waals surface area contributed by atoms with E-state index in [1.165, 1.54) is 6.92 Å². The molecule has 0 aliphatic heterocycles. The number of aliphatic imine (C=N–C) groups is 1. The van der Waals surface area contributed by atoms with Crippen LogP contribution in [-0.4, -0.2) is 29.9 Å². The van der Waals surface area contributed by atoms with Crippen molar-refractivity contribution in [3.63, 3.8) is 0 Å². The summed E-state index contributed by atoms with van der Waals surface area (Å²) in [6.07, 6.45) is 0. The number of urea groups is 1. The molecule has 1 rings (SSSR count). The first-order chi connectivity index (χ1) is 12.4. The predicted molar refractivity (Wildman–Crippen MR) is 94.9 cm³/mol. The van der Waals surface area contributed by atoms with E-state index in [0.717, 1.165) is 20.8 Å². The molecule has 0 radical (unpaired) electrons. The first-order valence-corrected chi connectivity index (χ1v) is 7.63. The number of guanidine groups is 1. The normalized spacial score (nSPS) is 9.81. The lowest BCUT2D eigenvalue weighted by atomic mass is 10.1. The van der Waals surface area contributed by atoms with Crippen LogP contribution in [0.25, 0.3) is 0 Å². The van der Waals surface area contributed by atoms with Gasteiger partial charge in [-0.15, -0.1) is 0 Å². The smallest absolute Gasteiger partial charge is 0.348 e. The molecule has 0 fully saturated rings. The van der Waals surface area contributed by atoms with Crippen molar-refractivity contribution in [2.75, 3.05) is 5.32 Å². The molecule has 0 aliphatic carbocycles. The van der Waals surface area contributed by atoms with E-state index in [2.05, 4.69) is 10.3 Å². The lowest BCUT2D eigenvalue weighted by Crippen LogP contribution is -2.25. The molecule has 0 bridgehead atoms. The third-order valence-corrected chi connectivity index (χ3v) is 3.11. The van der Waals surface area contributed by atoms with Gasteiger partial charge in [0, 0.05) is 26.3 Å². The minimum absolute atomic E-state index is 0.0847. The second kappa shape index (κ2) is 8.85. The van der Waals surface area contributed by atoms with Crippen LogP contribution in [0.2, 0.25) is 5.02 Å². The molecule has 0 aliphatic rings. The molecule has 0 heterocycles. The second-order valence-corrected chi connectivity index (χ2v) is 5.43. The number of nitrogens with two attached hydrogens (primary N) is 2. The van der Waals surface area contributed by atoms with Crippen LogP contribution >= 0.6 is 11.6 Å². The number of carbonyl (C=O) groups is 4. The highest BCUT2D eigenvalue weighted by Gasteiger charge is 2.29. The maximum absolute atomic E-state index is 11.8. The van der Waals surface area contributed by atoms with Gasteiger partial charge in [0.2, 0.25) is 5.75 Å². The Morgan fingerprint density at radius 3 is 1.78 bits per heavy atom. The molecule has 146 valence electrons. The molecule has 1 aromatic carbocycles. The minimum atomic E-state index is -0.997. The van der Waals surface area contributed by atoms with Crippen molar-refractivity contribution in [3.8, 4) is 17.2 Å². The Hall–Kier alpha value is -3.34. The van der Waals surface area contributed by atoms with Crippen LogP contribution in [0.1, 0.15) is 26.3 Å². The summed E-state index contributed by atoms with van der Waals surface area (Å²) in [6, 6.07) is -0.997. The quantitative estimate of drug-likeness (QED) is 0.290. The number of nitrogens with one attached hydrogen (secondary N) is 1. The topological polar surface area (TPSA) is 172 Å². The molecule has 5 N–H and O–H groups in total. The zero-order valence-corrected chi connectivity index (χ0v) is 15.6. The third-order valence-electron chi connectivity index (χ3n) is 2.75. The van der Waals surface area contributed by atoms with Crippen LogP contribution in [0.3, 0.4) is 0 Å². The van der Waals surface area contributed by atoms with Crippen LogP contribution in [0.15, 0.2) is 4.99 Å². The number of rotatable bonds is 4. The molecule has 0 aromatic heterocycles. The summed E-state index contributed by atoms with van der Waals surface area (Å²) in [5.74, 6) is -4.05. The lowest BCUT2D eigenvalue weighted by molar-refractivity contribution is -0.135. The van der Waals surface area contributed by atoms with E-state index in [9.17, 15) is 19.2 Å². The number of benzene rings is 1. The summed E-state index contributed by atoms with van der Waals surface area (Å²) in [5, 5.41) is 1.97. The van der Waals surface area contributed by atoms with E-state index < -0.39 is 41.4 Å². The first kappa shape index (κ1) is 21.7. The first-order valence-electron chi connectivity index (χ1n) is 7.25. The number of esters is 3. The average molecular weight is 401 g/mol. The summed E-state index contributed by atoms with van der Waals surface area (Å²) in [6.45, 7) is 4.64. The fourth-order valence-corrected chi connectivity index (χ4v) is 2.22. The van der Waals surface area contributed by atoms with Gasteiger partial charge in [-0.2, -0.15) is 4.99 Å². The van der Waals surface area contributed by atoms with Gasteiger partial charge in [-0.3, -0.25) is 14.4 Å². The molecule has 0 spiro atoms. The summed E-state index contributed by atoms with van der Waals surface area (Å²) in [4.78, 5) is 49.4. The van der Waals surface area contributed by atoms with Crippen molar-refractivity contribution in [1.82, 2.24) is 0 Å². The summed E-state index contributed by atoms with van der Waals surface area (Å²) >= 11 is 6.20. The number of hydrogen-bond donors (Lipinski definition) is 3. The van der Waals surface area contributed by atoms with Gasteiger partial charge in [-0.25, -0.2) is 4.79 Å².